The number of hydrogen-bond acceptors (Lipinski definition) is 11. The summed E-state index contributed by atoms with van der Waals surface area (Å²) in [4.78, 5) is 14.4. The van der Waals surface area contributed by atoms with Crippen molar-refractivity contribution in [3.63, 3.8) is 0 Å². The minimum atomic E-state index is -3.13. The van der Waals surface area contributed by atoms with Crippen LogP contribution < -0.4 is 5.32 Å². The lowest BCUT2D eigenvalue weighted by Gasteiger charge is -2.23. The number of carbonyl (C=O) groups excluding carboxylic acids is 1. The number of aliphatic hydroxyl groups excluding tert-OH is 1. The number of amides is 1. The standard InChI is InChI=1S/C27H33N4O7PS2/c1-27(2)37-23-22(18-32)36-26(24(23)38-27)31-17-21(29-30-31)25(33)28-15-9-10-16-35-39(34,40-19-11-5-3-6-12-19)41-20-13-7-4-8-14-20/h3-8,11-14,17,22-24,26,32H,9-10,15-16,18H2,1-2H3,(H,28,33)/t22-,23-,24-,26-/m1/s1. The molecule has 5 rings (SSSR count). The molecule has 2 saturated heterocycles. The molecule has 0 spiro atoms. The van der Waals surface area contributed by atoms with Crippen molar-refractivity contribution in [1.29, 1.82) is 0 Å². The van der Waals surface area contributed by atoms with Gasteiger partial charge in [-0.3, -0.25) is 9.36 Å². The Kier molecular flexibility index (Phi) is 9.88. The van der Waals surface area contributed by atoms with Crippen molar-refractivity contribution < 1.29 is 33.2 Å². The van der Waals surface area contributed by atoms with Gasteiger partial charge in [-0.15, -0.1) is 5.10 Å². The minimum absolute atomic E-state index is 0.134. The molecular weight excluding hydrogens is 587 g/mol. The molecule has 2 aromatic carbocycles. The van der Waals surface area contributed by atoms with Crippen molar-refractivity contribution in [2.75, 3.05) is 19.8 Å². The smallest absolute Gasteiger partial charge is 0.322 e. The maximum Gasteiger partial charge on any atom is 0.322 e. The van der Waals surface area contributed by atoms with Crippen LogP contribution in [0.15, 0.2) is 76.7 Å². The van der Waals surface area contributed by atoms with Gasteiger partial charge in [0, 0.05) is 16.3 Å². The number of unbranched alkanes of at least 4 members (excludes halogenated alkanes) is 1. The monoisotopic (exact) mass is 620 g/mol. The molecule has 1 amide bonds. The van der Waals surface area contributed by atoms with Crippen molar-refractivity contribution in [3.8, 4) is 0 Å². The lowest BCUT2D eigenvalue weighted by molar-refractivity contribution is -0.201. The van der Waals surface area contributed by atoms with Gasteiger partial charge in [0.2, 0.25) is 0 Å². The number of rotatable bonds is 13. The van der Waals surface area contributed by atoms with E-state index in [9.17, 15) is 14.5 Å². The molecule has 0 radical (unpaired) electrons. The third-order valence-corrected chi connectivity index (χ3v) is 12.8. The van der Waals surface area contributed by atoms with E-state index in [0.29, 0.717) is 19.4 Å². The maximum absolute atomic E-state index is 13.7. The highest BCUT2D eigenvalue weighted by Crippen LogP contribution is 2.74. The number of hydrogen-bond donors (Lipinski definition) is 2. The van der Waals surface area contributed by atoms with Crippen LogP contribution in [0, 0.1) is 0 Å². The summed E-state index contributed by atoms with van der Waals surface area (Å²) < 4.78 is 38.8. The highest BCUT2D eigenvalue weighted by Gasteiger charge is 2.56. The Balaban J connectivity index is 1.09. The topological polar surface area (TPSA) is 134 Å². The summed E-state index contributed by atoms with van der Waals surface area (Å²) >= 11 is 2.48. The summed E-state index contributed by atoms with van der Waals surface area (Å²) in [6.45, 7) is 4.04. The van der Waals surface area contributed by atoms with Crippen LogP contribution in [0.3, 0.4) is 0 Å². The molecule has 4 atom stereocenters. The average molecular weight is 621 g/mol. The molecule has 14 heteroatoms. The highest BCUT2D eigenvalue weighted by atomic mass is 33.1. The van der Waals surface area contributed by atoms with Crippen molar-refractivity contribution in [2.45, 2.75) is 66.8 Å². The highest BCUT2D eigenvalue weighted by molar-refractivity contribution is 8.89. The Bertz CT molecular complexity index is 1300. The first-order chi connectivity index (χ1) is 19.8. The van der Waals surface area contributed by atoms with Gasteiger partial charge in [-0.2, -0.15) is 0 Å². The quantitative estimate of drug-likeness (QED) is 0.199. The van der Waals surface area contributed by atoms with E-state index in [1.165, 1.54) is 33.6 Å². The molecule has 3 heterocycles. The molecule has 41 heavy (non-hydrogen) atoms. The largest absolute Gasteiger partial charge is 0.394 e. The maximum atomic E-state index is 13.7. The third-order valence-electron chi connectivity index (χ3n) is 6.34. The molecule has 0 bridgehead atoms. The fourth-order valence-electron chi connectivity index (χ4n) is 4.51. The molecule has 2 N–H and O–H groups in total. The van der Waals surface area contributed by atoms with Crippen molar-refractivity contribution in [1.82, 2.24) is 20.3 Å². The SMILES string of the molecule is CC1(C)O[C@@H]2[C@H](O1)[C@@H](CO)O[C@H]2n1cc(C(=O)NCCCCOP(=O)(Sc2ccccc2)Sc2ccccc2)nn1. The number of carbonyl (C=O) groups is 1. The van der Waals surface area contributed by atoms with Gasteiger partial charge in [-0.25, -0.2) is 4.68 Å². The molecule has 0 unspecified atom stereocenters. The van der Waals surface area contributed by atoms with Crippen LogP contribution in [-0.4, -0.2) is 69.9 Å². The van der Waals surface area contributed by atoms with Crippen LogP contribution in [-0.2, 0) is 23.3 Å². The van der Waals surface area contributed by atoms with Gasteiger partial charge >= 0.3 is 5.77 Å². The molecular formula is C27H33N4O7PS2. The molecule has 3 aromatic rings. The van der Waals surface area contributed by atoms with E-state index in [1.807, 2.05) is 60.7 Å². The molecule has 0 saturated carbocycles. The molecule has 2 fully saturated rings. The van der Waals surface area contributed by atoms with Gasteiger partial charge in [0.15, 0.2) is 17.7 Å². The molecule has 2 aliphatic heterocycles. The van der Waals surface area contributed by atoms with Crippen LogP contribution in [0.25, 0.3) is 0 Å². The van der Waals surface area contributed by atoms with Crippen LogP contribution in [0.4, 0.5) is 0 Å². The third kappa shape index (κ3) is 7.79. The average Bonchev–Trinajstić information content (AvgIpc) is 3.64. The van der Waals surface area contributed by atoms with Crippen LogP contribution in [0.2, 0.25) is 0 Å². The summed E-state index contributed by atoms with van der Waals surface area (Å²) in [6, 6.07) is 19.1. The van der Waals surface area contributed by atoms with Crippen molar-refractivity contribution in [2.24, 2.45) is 0 Å². The fourth-order valence-corrected chi connectivity index (χ4v) is 11.1. The number of nitrogens with one attached hydrogen (secondary N) is 1. The first-order valence-corrected chi connectivity index (χ1v) is 17.8. The van der Waals surface area contributed by atoms with Crippen LogP contribution >= 0.6 is 28.5 Å². The number of ether oxygens (including phenoxy) is 3. The first-order valence-electron chi connectivity index (χ1n) is 13.3. The van der Waals surface area contributed by atoms with E-state index < -0.39 is 36.1 Å². The Morgan fingerprint density at radius 1 is 1.05 bits per heavy atom. The van der Waals surface area contributed by atoms with Crippen molar-refractivity contribution in [3.05, 3.63) is 72.6 Å². The van der Waals surface area contributed by atoms with Gasteiger partial charge < -0.3 is 29.2 Å². The first kappa shape index (κ1) is 30.2. The predicted molar refractivity (Wildman–Crippen MR) is 155 cm³/mol. The lowest BCUT2D eigenvalue weighted by Crippen LogP contribution is -2.31. The van der Waals surface area contributed by atoms with Gasteiger partial charge in [0.1, 0.15) is 18.3 Å². The van der Waals surface area contributed by atoms with E-state index in [0.717, 1.165) is 9.79 Å². The van der Waals surface area contributed by atoms with E-state index in [1.54, 1.807) is 13.8 Å². The summed E-state index contributed by atoms with van der Waals surface area (Å²) in [5, 5.41) is 20.6. The Hall–Kier alpha value is -2.22. The van der Waals surface area contributed by atoms with Gasteiger partial charge in [0.05, 0.1) is 19.4 Å². The number of aromatic nitrogens is 3. The summed E-state index contributed by atoms with van der Waals surface area (Å²) in [5.74, 6) is -4.32. The molecule has 0 aliphatic carbocycles. The molecule has 220 valence electrons. The molecule has 2 aliphatic rings. The number of nitrogens with zero attached hydrogens (tertiary/aromatic N) is 3. The summed E-state index contributed by atoms with van der Waals surface area (Å²) in [6.07, 6.45) is 0.543. The fraction of sp³-hybridized carbons (Fsp3) is 0.444. The number of aliphatic hydroxyl groups is 1. The van der Waals surface area contributed by atoms with Crippen LogP contribution in [0.1, 0.15) is 43.4 Å². The zero-order valence-corrected chi connectivity index (χ0v) is 25.2. The Labute approximate surface area is 246 Å². The van der Waals surface area contributed by atoms with E-state index in [-0.39, 0.29) is 24.8 Å². The second-order valence-electron chi connectivity index (χ2n) is 9.95. The molecule has 1 aromatic heterocycles. The Morgan fingerprint density at radius 2 is 1.68 bits per heavy atom. The number of benzene rings is 2. The summed E-state index contributed by atoms with van der Waals surface area (Å²) in [7, 11) is 0. The lowest BCUT2D eigenvalue weighted by atomic mass is 10.1. The van der Waals surface area contributed by atoms with Gasteiger partial charge in [-0.1, -0.05) is 41.6 Å². The van der Waals surface area contributed by atoms with Crippen molar-refractivity contribution >= 4 is 34.4 Å². The minimum Gasteiger partial charge on any atom is -0.394 e. The normalized spacial score (nSPS) is 23.4. The second kappa shape index (κ2) is 13.4. The second-order valence-corrected chi connectivity index (χ2v) is 17.1. The van der Waals surface area contributed by atoms with E-state index in [2.05, 4.69) is 15.6 Å². The Morgan fingerprint density at radius 3 is 2.32 bits per heavy atom. The van der Waals surface area contributed by atoms with E-state index >= 15 is 0 Å². The zero-order valence-electron chi connectivity index (χ0n) is 22.7. The van der Waals surface area contributed by atoms with Gasteiger partial charge in [0.25, 0.3) is 5.91 Å². The predicted octanol–water partition coefficient (Wildman–Crippen LogP) is 4.91. The zero-order chi connectivity index (χ0) is 28.9. The van der Waals surface area contributed by atoms with E-state index in [4.69, 9.17) is 18.7 Å². The number of fused-ring (bicyclic) bond motifs is 1. The molecule has 11 nitrogen and oxygen atoms in total. The van der Waals surface area contributed by atoms with Gasteiger partial charge in [-0.05, 0) is 73.7 Å². The summed E-state index contributed by atoms with van der Waals surface area (Å²) in [5.41, 5.74) is 0.134. The van der Waals surface area contributed by atoms with Crippen LogP contribution in [0.5, 0.6) is 0 Å².